The number of nitrogens with two attached hydrogens (primary N) is 1. The van der Waals surface area contributed by atoms with Crippen LogP contribution in [0.1, 0.15) is 4.88 Å². The maximum atomic E-state index is 11.7. The fraction of sp³-hybridized carbons (Fsp3) is 0.0909. The molecule has 0 atom stereocenters. The van der Waals surface area contributed by atoms with Gasteiger partial charge in [0.1, 0.15) is 5.82 Å². The van der Waals surface area contributed by atoms with Crippen molar-refractivity contribution in [1.29, 1.82) is 0 Å². The van der Waals surface area contributed by atoms with Crippen molar-refractivity contribution in [3.63, 3.8) is 0 Å². The molecule has 0 unspecified atom stereocenters. The molecule has 2 heterocycles. The highest BCUT2D eigenvalue weighted by Crippen LogP contribution is 2.22. The Morgan fingerprint density at radius 3 is 2.82 bits per heavy atom. The van der Waals surface area contributed by atoms with Crippen LogP contribution in [-0.4, -0.2) is 10.9 Å². The van der Waals surface area contributed by atoms with E-state index >= 15 is 0 Å². The number of halogens is 1. The van der Waals surface area contributed by atoms with Gasteiger partial charge in [-0.05, 0) is 40.2 Å². The number of aromatic nitrogens is 1. The summed E-state index contributed by atoms with van der Waals surface area (Å²) in [4.78, 5) is 16.6. The van der Waals surface area contributed by atoms with E-state index in [1.807, 2.05) is 12.1 Å². The molecule has 0 saturated heterocycles. The Kier molecular flexibility index (Phi) is 3.75. The van der Waals surface area contributed by atoms with Crippen molar-refractivity contribution in [2.75, 3.05) is 11.1 Å². The van der Waals surface area contributed by atoms with Crippen LogP contribution in [0.15, 0.2) is 34.2 Å². The monoisotopic (exact) mass is 311 g/mol. The Hall–Kier alpha value is -1.40. The zero-order valence-corrected chi connectivity index (χ0v) is 11.2. The molecule has 88 valence electrons. The maximum absolute atomic E-state index is 11.7. The molecule has 2 aromatic heterocycles. The zero-order valence-electron chi connectivity index (χ0n) is 8.81. The molecule has 0 aliphatic carbocycles. The first kappa shape index (κ1) is 12.1. The van der Waals surface area contributed by atoms with Crippen LogP contribution in [0.25, 0.3) is 0 Å². The molecule has 0 radical (unpaired) electrons. The molecular weight excluding hydrogens is 302 g/mol. The minimum absolute atomic E-state index is 0.0640. The number of hydrogen-bond acceptors (Lipinski definition) is 4. The minimum atomic E-state index is -0.0640. The van der Waals surface area contributed by atoms with Gasteiger partial charge in [-0.1, -0.05) is 0 Å². The minimum Gasteiger partial charge on any atom is -0.384 e. The molecule has 0 aliphatic heterocycles. The molecule has 0 spiro atoms. The summed E-state index contributed by atoms with van der Waals surface area (Å²) < 4.78 is 1.02. The first-order valence-electron chi connectivity index (χ1n) is 4.89. The van der Waals surface area contributed by atoms with E-state index in [4.69, 9.17) is 5.73 Å². The topological polar surface area (TPSA) is 68.0 Å². The number of pyridine rings is 1. The van der Waals surface area contributed by atoms with Crippen molar-refractivity contribution in [3.8, 4) is 0 Å². The number of nitrogen functional groups attached to an aromatic ring is 1. The summed E-state index contributed by atoms with van der Waals surface area (Å²) in [5.74, 6) is 0.371. The second-order valence-corrected chi connectivity index (χ2v) is 5.95. The third-order valence-corrected chi connectivity index (χ3v) is 3.66. The maximum Gasteiger partial charge on any atom is 0.229 e. The van der Waals surface area contributed by atoms with Crippen molar-refractivity contribution < 1.29 is 4.79 Å². The summed E-state index contributed by atoms with van der Waals surface area (Å²) in [5, 5.41) is 2.76. The van der Waals surface area contributed by atoms with Gasteiger partial charge in [-0.25, -0.2) is 4.98 Å². The van der Waals surface area contributed by atoms with E-state index in [2.05, 4.69) is 26.2 Å². The number of rotatable bonds is 3. The molecule has 17 heavy (non-hydrogen) atoms. The van der Waals surface area contributed by atoms with Gasteiger partial charge in [0.2, 0.25) is 5.91 Å². The van der Waals surface area contributed by atoms with Crippen LogP contribution in [-0.2, 0) is 11.2 Å². The summed E-state index contributed by atoms with van der Waals surface area (Å²) in [7, 11) is 0. The van der Waals surface area contributed by atoms with E-state index in [1.54, 1.807) is 23.5 Å². The number of nitrogens with one attached hydrogen (secondary N) is 1. The van der Waals surface area contributed by atoms with E-state index in [1.165, 1.54) is 6.20 Å². The third-order valence-electron chi connectivity index (χ3n) is 2.03. The van der Waals surface area contributed by atoms with Gasteiger partial charge in [0.15, 0.2) is 0 Å². The highest BCUT2D eigenvalue weighted by molar-refractivity contribution is 9.11. The van der Waals surface area contributed by atoms with Gasteiger partial charge in [-0.15, -0.1) is 11.3 Å². The normalized spacial score (nSPS) is 10.2. The summed E-state index contributed by atoms with van der Waals surface area (Å²) in [6.07, 6.45) is 1.90. The van der Waals surface area contributed by atoms with Gasteiger partial charge in [0, 0.05) is 4.88 Å². The van der Waals surface area contributed by atoms with Crippen LogP contribution in [0.4, 0.5) is 11.5 Å². The van der Waals surface area contributed by atoms with Crippen molar-refractivity contribution in [1.82, 2.24) is 4.98 Å². The fourth-order valence-corrected chi connectivity index (χ4v) is 2.77. The first-order valence-corrected chi connectivity index (χ1v) is 6.50. The average Bonchev–Trinajstić information content (AvgIpc) is 2.67. The molecule has 6 heteroatoms. The SMILES string of the molecule is Nc1ccc(NC(=O)Cc2ccc(Br)s2)cn1. The Morgan fingerprint density at radius 1 is 1.41 bits per heavy atom. The fourth-order valence-electron chi connectivity index (χ4n) is 1.29. The highest BCUT2D eigenvalue weighted by Gasteiger charge is 2.06. The quantitative estimate of drug-likeness (QED) is 0.915. The lowest BCUT2D eigenvalue weighted by atomic mass is 10.3. The van der Waals surface area contributed by atoms with Gasteiger partial charge in [0.25, 0.3) is 0 Å². The second kappa shape index (κ2) is 5.29. The van der Waals surface area contributed by atoms with E-state index in [0.29, 0.717) is 17.9 Å². The van der Waals surface area contributed by atoms with E-state index in [0.717, 1.165) is 8.66 Å². The number of nitrogens with zero attached hydrogens (tertiary/aromatic N) is 1. The number of carbonyl (C=O) groups excluding carboxylic acids is 1. The zero-order chi connectivity index (χ0) is 12.3. The number of thiophene rings is 1. The summed E-state index contributed by atoms with van der Waals surface area (Å²) in [6, 6.07) is 7.23. The van der Waals surface area contributed by atoms with Crippen LogP contribution in [0.5, 0.6) is 0 Å². The van der Waals surface area contributed by atoms with Crippen LogP contribution >= 0.6 is 27.3 Å². The molecule has 3 N–H and O–H groups in total. The van der Waals surface area contributed by atoms with Gasteiger partial charge < -0.3 is 11.1 Å². The van der Waals surface area contributed by atoms with E-state index in [9.17, 15) is 4.79 Å². The Morgan fingerprint density at radius 2 is 2.24 bits per heavy atom. The Labute approximate surface area is 111 Å². The van der Waals surface area contributed by atoms with Crippen LogP contribution in [0.3, 0.4) is 0 Å². The molecule has 2 aromatic rings. The summed E-state index contributed by atoms with van der Waals surface area (Å²) in [5.41, 5.74) is 6.11. The van der Waals surface area contributed by atoms with Gasteiger partial charge in [-0.2, -0.15) is 0 Å². The van der Waals surface area contributed by atoms with Crippen LogP contribution < -0.4 is 11.1 Å². The smallest absolute Gasteiger partial charge is 0.229 e. The Balaban J connectivity index is 1.95. The molecule has 0 bridgehead atoms. The van der Waals surface area contributed by atoms with Gasteiger partial charge in [-0.3, -0.25) is 4.79 Å². The largest absolute Gasteiger partial charge is 0.384 e. The lowest BCUT2D eigenvalue weighted by molar-refractivity contribution is -0.115. The van der Waals surface area contributed by atoms with Crippen LogP contribution in [0.2, 0.25) is 0 Å². The predicted octanol–water partition coefficient (Wildman–Crippen LogP) is 2.67. The van der Waals surface area contributed by atoms with Gasteiger partial charge in [0.05, 0.1) is 22.1 Å². The average molecular weight is 312 g/mol. The van der Waals surface area contributed by atoms with Crippen molar-refractivity contribution in [3.05, 3.63) is 39.1 Å². The predicted molar refractivity (Wildman–Crippen MR) is 73.0 cm³/mol. The Bertz CT molecular complexity index is 524. The molecule has 2 rings (SSSR count). The molecule has 0 aliphatic rings. The molecular formula is C11H10BrN3OS. The number of amides is 1. The number of anilines is 2. The van der Waals surface area contributed by atoms with E-state index < -0.39 is 0 Å². The molecule has 0 aromatic carbocycles. The highest BCUT2D eigenvalue weighted by atomic mass is 79.9. The van der Waals surface area contributed by atoms with Crippen molar-refractivity contribution >= 4 is 44.7 Å². The summed E-state index contributed by atoms with van der Waals surface area (Å²) in [6.45, 7) is 0. The second-order valence-electron chi connectivity index (χ2n) is 3.40. The number of carbonyl (C=O) groups is 1. The summed E-state index contributed by atoms with van der Waals surface area (Å²) >= 11 is 4.91. The van der Waals surface area contributed by atoms with Crippen molar-refractivity contribution in [2.45, 2.75) is 6.42 Å². The number of hydrogen-bond donors (Lipinski definition) is 2. The first-order chi connectivity index (χ1) is 8.13. The van der Waals surface area contributed by atoms with Gasteiger partial charge >= 0.3 is 0 Å². The molecule has 0 saturated carbocycles. The molecule has 1 amide bonds. The lowest BCUT2D eigenvalue weighted by Crippen LogP contribution is -2.13. The van der Waals surface area contributed by atoms with Crippen molar-refractivity contribution in [2.24, 2.45) is 0 Å². The lowest BCUT2D eigenvalue weighted by Gasteiger charge is -2.03. The molecule has 4 nitrogen and oxygen atoms in total. The third kappa shape index (κ3) is 3.54. The van der Waals surface area contributed by atoms with Crippen LogP contribution in [0, 0.1) is 0 Å². The standard InChI is InChI=1S/C11H10BrN3OS/c12-9-3-2-8(17-9)5-11(16)15-7-1-4-10(13)14-6-7/h1-4,6H,5H2,(H2,13,14)(H,15,16). The van der Waals surface area contributed by atoms with E-state index in [-0.39, 0.29) is 5.91 Å². The molecule has 0 fully saturated rings.